The Morgan fingerprint density at radius 1 is 1.69 bits per heavy atom. The summed E-state index contributed by atoms with van der Waals surface area (Å²) in [5, 5.41) is 3.43. The molecule has 1 atom stereocenters. The van der Waals surface area contributed by atoms with Crippen LogP contribution in [0, 0.1) is 0 Å². The Balaban J connectivity index is 1.79. The fraction of sp³-hybridized carbons (Fsp3) is 0.636. The molecule has 1 fully saturated rings. The standard InChI is InChI=1S/C11H15BrClNOS/c1-11(3-2-4-15-11)7-14-6-8-5-9(12)10(13)16-8/h5,14H,2-4,6-7H2,1H3. The van der Waals surface area contributed by atoms with Crippen molar-refractivity contribution in [2.24, 2.45) is 0 Å². The number of thiophene rings is 1. The minimum Gasteiger partial charge on any atom is -0.374 e. The van der Waals surface area contributed by atoms with Gasteiger partial charge in [0.2, 0.25) is 0 Å². The van der Waals surface area contributed by atoms with Gasteiger partial charge in [0.05, 0.1) is 5.60 Å². The Morgan fingerprint density at radius 2 is 2.50 bits per heavy atom. The van der Waals surface area contributed by atoms with Gasteiger partial charge >= 0.3 is 0 Å². The molecule has 2 nitrogen and oxygen atoms in total. The number of hydrogen-bond donors (Lipinski definition) is 1. The zero-order valence-electron chi connectivity index (χ0n) is 9.19. The van der Waals surface area contributed by atoms with Gasteiger partial charge in [0.15, 0.2) is 0 Å². The zero-order valence-corrected chi connectivity index (χ0v) is 12.3. The highest BCUT2D eigenvalue weighted by atomic mass is 79.9. The van der Waals surface area contributed by atoms with Crippen LogP contribution in [0.25, 0.3) is 0 Å². The Morgan fingerprint density at radius 3 is 3.06 bits per heavy atom. The zero-order chi connectivity index (χ0) is 11.6. The van der Waals surface area contributed by atoms with Crippen LogP contribution in [0.3, 0.4) is 0 Å². The van der Waals surface area contributed by atoms with Crippen molar-refractivity contribution in [3.05, 3.63) is 19.8 Å². The Bertz CT molecular complexity index is 343. The minimum atomic E-state index is 0.0261. The van der Waals surface area contributed by atoms with Gasteiger partial charge in [0.25, 0.3) is 0 Å². The molecular formula is C11H15BrClNOS. The van der Waals surface area contributed by atoms with Crippen molar-refractivity contribution in [2.45, 2.75) is 31.9 Å². The van der Waals surface area contributed by atoms with Gasteiger partial charge in [-0.1, -0.05) is 11.6 Å². The van der Waals surface area contributed by atoms with E-state index in [1.54, 1.807) is 11.3 Å². The predicted molar refractivity (Wildman–Crippen MR) is 72.3 cm³/mol. The first-order chi connectivity index (χ1) is 7.59. The van der Waals surface area contributed by atoms with Crippen LogP contribution >= 0.6 is 38.9 Å². The summed E-state index contributed by atoms with van der Waals surface area (Å²) in [6, 6.07) is 2.07. The average molecular weight is 325 g/mol. The summed E-state index contributed by atoms with van der Waals surface area (Å²) >= 11 is 11.0. The molecule has 0 saturated carbocycles. The molecule has 1 aromatic rings. The molecular weight excluding hydrogens is 310 g/mol. The van der Waals surface area contributed by atoms with Crippen molar-refractivity contribution in [3.63, 3.8) is 0 Å². The molecule has 0 radical (unpaired) electrons. The van der Waals surface area contributed by atoms with Gasteiger partial charge in [0, 0.05) is 29.0 Å². The average Bonchev–Trinajstić information content (AvgIpc) is 2.76. The van der Waals surface area contributed by atoms with Crippen molar-refractivity contribution in [3.8, 4) is 0 Å². The molecule has 0 aromatic carbocycles. The van der Waals surface area contributed by atoms with E-state index in [0.29, 0.717) is 0 Å². The molecule has 1 unspecified atom stereocenters. The van der Waals surface area contributed by atoms with Crippen LogP contribution in [-0.2, 0) is 11.3 Å². The van der Waals surface area contributed by atoms with Crippen molar-refractivity contribution in [1.82, 2.24) is 5.32 Å². The molecule has 1 saturated heterocycles. The van der Waals surface area contributed by atoms with E-state index >= 15 is 0 Å². The number of ether oxygens (including phenoxy) is 1. The SMILES string of the molecule is CC1(CNCc2cc(Br)c(Cl)s2)CCCO1. The van der Waals surface area contributed by atoms with Gasteiger partial charge in [-0.25, -0.2) is 0 Å². The molecule has 90 valence electrons. The second-order valence-corrected chi connectivity index (χ2v) is 6.93. The van der Waals surface area contributed by atoms with Crippen LogP contribution in [0.5, 0.6) is 0 Å². The highest BCUT2D eigenvalue weighted by molar-refractivity contribution is 9.10. The maximum absolute atomic E-state index is 5.98. The molecule has 1 aromatic heterocycles. The third-order valence-electron chi connectivity index (χ3n) is 2.79. The number of nitrogens with one attached hydrogen (secondary N) is 1. The van der Waals surface area contributed by atoms with Gasteiger partial charge < -0.3 is 10.1 Å². The van der Waals surface area contributed by atoms with Gasteiger partial charge in [-0.2, -0.15) is 0 Å². The largest absolute Gasteiger partial charge is 0.374 e. The Kier molecular flexibility index (Phi) is 4.30. The maximum Gasteiger partial charge on any atom is 0.107 e. The van der Waals surface area contributed by atoms with E-state index in [1.165, 1.54) is 11.3 Å². The van der Waals surface area contributed by atoms with E-state index in [4.69, 9.17) is 16.3 Å². The lowest BCUT2D eigenvalue weighted by molar-refractivity contribution is 0.0207. The number of rotatable bonds is 4. The third-order valence-corrected chi connectivity index (χ3v) is 5.27. The van der Waals surface area contributed by atoms with Crippen LogP contribution in [0.4, 0.5) is 0 Å². The maximum atomic E-state index is 5.98. The van der Waals surface area contributed by atoms with E-state index in [2.05, 4.69) is 34.2 Å². The lowest BCUT2D eigenvalue weighted by Crippen LogP contribution is -2.36. The Hall–Kier alpha value is 0.390. The monoisotopic (exact) mass is 323 g/mol. The van der Waals surface area contributed by atoms with E-state index < -0.39 is 0 Å². The van der Waals surface area contributed by atoms with E-state index in [1.807, 2.05) is 0 Å². The van der Waals surface area contributed by atoms with Crippen molar-refractivity contribution in [2.75, 3.05) is 13.2 Å². The van der Waals surface area contributed by atoms with Gasteiger partial charge in [-0.3, -0.25) is 0 Å². The normalized spacial score (nSPS) is 25.2. The molecule has 0 aliphatic carbocycles. The quantitative estimate of drug-likeness (QED) is 0.909. The molecule has 1 N–H and O–H groups in total. The number of halogens is 2. The molecule has 16 heavy (non-hydrogen) atoms. The van der Waals surface area contributed by atoms with Crippen LogP contribution in [0.2, 0.25) is 4.34 Å². The molecule has 0 bridgehead atoms. The Labute approximate surface area is 113 Å². The topological polar surface area (TPSA) is 21.3 Å². The minimum absolute atomic E-state index is 0.0261. The van der Waals surface area contributed by atoms with E-state index in [9.17, 15) is 0 Å². The first-order valence-corrected chi connectivity index (χ1v) is 7.36. The van der Waals surface area contributed by atoms with Crippen molar-refractivity contribution < 1.29 is 4.74 Å². The second-order valence-electron chi connectivity index (χ2n) is 4.34. The summed E-state index contributed by atoms with van der Waals surface area (Å²) < 4.78 is 7.52. The van der Waals surface area contributed by atoms with Crippen molar-refractivity contribution in [1.29, 1.82) is 0 Å². The summed E-state index contributed by atoms with van der Waals surface area (Å²) in [6.45, 7) is 4.83. The van der Waals surface area contributed by atoms with Gasteiger partial charge in [-0.05, 0) is 41.8 Å². The second kappa shape index (κ2) is 5.36. The number of hydrogen-bond acceptors (Lipinski definition) is 3. The lowest BCUT2D eigenvalue weighted by atomic mass is 10.0. The van der Waals surface area contributed by atoms with E-state index in [-0.39, 0.29) is 5.60 Å². The lowest BCUT2D eigenvalue weighted by Gasteiger charge is -2.23. The summed E-state index contributed by atoms with van der Waals surface area (Å²) in [7, 11) is 0. The van der Waals surface area contributed by atoms with Crippen molar-refractivity contribution >= 4 is 38.9 Å². The van der Waals surface area contributed by atoms with Crippen LogP contribution in [0.15, 0.2) is 10.5 Å². The summed E-state index contributed by atoms with van der Waals surface area (Å²) in [5.74, 6) is 0. The molecule has 1 aliphatic heterocycles. The fourth-order valence-electron chi connectivity index (χ4n) is 1.90. The molecule has 2 rings (SSSR count). The van der Waals surface area contributed by atoms with Crippen LogP contribution in [-0.4, -0.2) is 18.8 Å². The van der Waals surface area contributed by atoms with Crippen LogP contribution in [0.1, 0.15) is 24.6 Å². The highest BCUT2D eigenvalue weighted by Crippen LogP contribution is 2.32. The molecule has 2 heterocycles. The molecule has 5 heteroatoms. The fourth-order valence-corrected chi connectivity index (χ4v) is 3.67. The van der Waals surface area contributed by atoms with Crippen LogP contribution < -0.4 is 5.32 Å². The van der Waals surface area contributed by atoms with E-state index in [0.717, 1.165) is 34.9 Å². The third kappa shape index (κ3) is 3.20. The van der Waals surface area contributed by atoms with Gasteiger partial charge in [-0.15, -0.1) is 11.3 Å². The first kappa shape index (κ1) is 12.8. The first-order valence-electron chi connectivity index (χ1n) is 5.37. The van der Waals surface area contributed by atoms with Gasteiger partial charge in [0.1, 0.15) is 4.34 Å². The smallest absolute Gasteiger partial charge is 0.107 e. The predicted octanol–water partition coefficient (Wildman–Crippen LogP) is 3.82. The molecule has 1 aliphatic rings. The summed E-state index contributed by atoms with van der Waals surface area (Å²) in [6.07, 6.45) is 2.32. The summed E-state index contributed by atoms with van der Waals surface area (Å²) in [5.41, 5.74) is 0.0261. The molecule has 0 spiro atoms. The molecule has 0 amide bonds. The highest BCUT2D eigenvalue weighted by Gasteiger charge is 2.28. The summed E-state index contributed by atoms with van der Waals surface area (Å²) in [4.78, 5) is 1.25.